The lowest BCUT2D eigenvalue weighted by Crippen LogP contribution is -2.41. The van der Waals surface area contributed by atoms with Gasteiger partial charge in [-0.3, -0.25) is 4.79 Å². The summed E-state index contributed by atoms with van der Waals surface area (Å²) in [4.78, 5) is 14.3. The van der Waals surface area contributed by atoms with Crippen LogP contribution in [-0.4, -0.2) is 51.3 Å². The minimum absolute atomic E-state index is 0. The summed E-state index contributed by atoms with van der Waals surface area (Å²) < 4.78 is 63.8. The van der Waals surface area contributed by atoms with Crippen LogP contribution in [-0.2, 0) is 23.0 Å². The molecule has 1 atom stereocenters. The first-order valence-electron chi connectivity index (χ1n) is 9.75. The Labute approximate surface area is 191 Å². The van der Waals surface area contributed by atoms with Gasteiger partial charge in [-0.1, -0.05) is 42.5 Å². The van der Waals surface area contributed by atoms with Crippen molar-refractivity contribution in [2.75, 3.05) is 25.9 Å². The molecule has 1 aliphatic heterocycles. The zero-order valence-electron chi connectivity index (χ0n) is 17.4. The van der Waals surface area contributed by atoms with Gasteiger partial charge in [-0.25, -0.2) is 8.42 Å². The Morgan fingerprint density at radius 1 is 1.09 bits per heavy atom. The molecule has 0 aliphatic carbocycles. The van der Waals surface area contributed by atoms with Crippen LogP contribution in [0.1, 0.15) is 33.1 Å². The molecule has 1 aliphatic rings. The summed E-state index contributed by atoms with van der Waals surface area (Å²) in [5.41, 5.74) is 2.35. The van der Waals surface area contributed by atoms with E-state index in [0.717, 1.165) is 23.1 Å². The molecule has 0 radical (unpaired) electrons. The average Bonchev–Trinajstić information content (AvgIpc) is 2.70. The first kappa shape index (κ1) is 26.1. The molecular weight excluding hydrogens is 467 g/mol. The van der Waals surface area contributed by atoms with E-state index in [1.165, 1.54) is 24.3 Å². The topological polar surface area (TPSA) is 78.5 Å². The number of rotatable bonds is 8. The van der Waals surface area contributed by atoms with Gasteiger partial charge in [0.15, 0.2) is 0 Å². The number of hydrogen-bond acceptors (Lipinski definition) is 4. The van der Waals surface area contributed by atoms with Crippen molar-refractivity contribution >= 4 is 28.3 Å². The Bertz CT molecular complexity index is 1030. The summed E-state index contributed by atoms with van der Waals surface area (Å²) in [6.45, 7) is 2.13. The lowest BCUT2D eigenvalue weighted by molar-refractivity contribution is -0.153. The summed E-state index contributed by atoms with van der Waals surface area (Å²) in [6, 6.07) is 10.8. The second kappa shape index (κ2) is 10.7. The highest BCUT2D eigenvalue weighted by Gasteiger charge is 2.42. The summed E-state index contributed by atoms with van der Waals surface area (Å²) in [5, 5.41) is 3.18. The third-order valence-corrected chi connectivity index (χ3v) is 5.71. The van der Waals surface area contributed by atoms with Gasteiger partial charge in [0, 0.05) is 31.7 Å². The maximum atomic E-state index is 13.2. The van der Waals surface area contributed by atoms with E-state index in [9.17, 15) is 26.4 Å². The van der Waals surface area contributed by atoms with E-state index in [1.54, 1.807) is 9.62 Å². The lowest BCUT2D eigenvalue weighted by Gasteiger charge is -2.28. The maximum Gasteiger partial charge on any atom is 0.408 e. The molecule has 2 aromatic carbocycles. The van der Waals surface area contributed by atoms with Gasteiger partial charge in [0.25, 0.3) is 5.91 Å². The number of nitrogens with zero attached hydrogens (tertiary/aromatic N) is 1. The molecule has 3 rings (SSSR count). The third-order valence-electron chi connectivity index (χ3n) is 5.05. The Kier molecular flexibility index (Phi) is 8.69. The van der Waals surface area contributed by atoms with Crippen LogP contribution >= 0.6 is 12.4 Å². The average molecular weight is 492 g/mol. The first-order valence-corrected chi connectivity index (χ1v) is 11.6. The fourth-order valence-corrected chi connectivity index (χ4v) is 4.20. The Hall–Kier alpha value is -2.14. The minimum Gasteiger partial charge on any atom is -0.337 e. The molecule has 2 aromatic rings. The second-order valence-electron chi connectivity index (χ2n) is 7.48. The molecular formula is C21H25ClF3N3O3S. The lowest BCUT2D eigenvalue weighted by atomic mass is 9.99. The van der Waals surface area contributed by atoms with Crippen LogP contribution in [0.3, 0.4) is 0 Å². The maximum absolute atomic E-state index is 13.2. The summed E-state index contributed by atoms with van der Waals surface area (Å²) in [5.74, 6) is 0.00423. The predicted molar refractivity (Wildman–Crippen MR) is 118 cm³/mol. The number of halogens is 4. The van der Waals surface area contributed by atoms with E-state index in [-0.39, 0.29) is 23.9 Å². The van der Waals surface area contributed by atoms with E-state index >= 15 is 0 Å². The van der Waals surface area contributed by atoms with Crippen LogP contribution in [0.2, 0.25) is 0 Å². The van der Waals surface area contributed by atoms with Gasteiger partial charge in [0.2, 0.25) is 10.0 Å². The summed E-state index contributed by atoms with van der Waals surface area (Å²) in [6.07, 6.45) is -3.25. The van der Waals surface area contributed by atoms with Gasteiger partial charge in [0.1, 0.15) is 6.04 Å². The minimum atomic E-state index is -4.75. The molecule has 11 heteroatoms. The van der Waals surface area contributed by atoms with Crippen molar-refractivity contribution in [3.8, 4) is 0 Å². The van der Waals surface area contributed by atoms with Gasteiger partial charge in [0.05, 0.1) is 6.26 Å². The molecule has 176 valence electrons. The van der Waals surface area contributed by atoms with Gasteiger partial charge >= 0.3 is 6.18 Å². The van der Waals surface area contributed by atoms with E-state index in [4.69, 9.17) is 0 Å². The van der Waals surface area contributed by atoms with Gasteiger partial charge < -0.3 is 10.2 Å². The Morgan fingerprint density at radius 3 is 2.38 bits per heavy atom. The molecule has 0 fully saturated rings. The van der Waals surface area contributed by atoms with Crippen molar-refractivity contribution in [2.45, 2.75) is 25.2 Å². The predicted octanol–water partition coefficient (Wildman–Crippen LogP) is 3.05. The highest BCUT2D eigenvalue weighted by Crippen LogP contribution is 2.33. The molecule has 0 bridgehead atoms. The van der Waals surface area contributed by atoms with Crippen molar-refractivity contribution < 1.29 is 26.4 Å². The fraction of sp³-hybridized carbons (Fsp3) is 0.381. The number of sulfonamides is 1. The Balaban J connectivity index is 0.00000363. The van der Waals surface area contributed by atoms with Crippen LogP contribution < -0.4 is 10.0 Å². The monoisotopic (exact) mass is 491 g/mol. The number of alkyl halides is 3. The van der Waals surface area contributed by atoms with E-state index in [1.807, 2.05) is 24.3 Å². The number of nitrogens with one attached hydrogen (secondary N) is 2. The SMILES string of the molecule is CS(=O)(=O)N[C@@H](c1ccc(CNCCN2CCc3ccccc3C2=O)cc1)C(F)(F)F.Cl. The van der Waals surface area contributed by atoms with Crippen LogP contribution in [0.25, 0.3) is 0 Å². The van der Waals surface area contributed by atoms with Crippen LogP contribution in [0.5, 0.6) is 0 Å². The van der Waals surface area contributed by atoms with Gasteiger partial charge in [-0.05, 0) is 29.2 Å². The molecule has 2 N–H and O–H groups in total. The van der Waals surface area contributed by atoms with Crippen molar-refractivity contribution in [3.05, 3.63) is 70.8 Å². The zero-order valence-corrected chi connectivity index (χ0v) is 19.0. The van der Waals surface area contributed by atoms with Crippen molar-refractivity contribution in [1.29, 1.82) is 0 Å². The number of amides is 1. The molecule has 0 unspecified atom stereocenters. The Morgan fingerprint density at radius 2 is 1.75 bits per heavy atom. The van der Waals surface area contributed by atoms with E-state index in [0.29, 0.717) is 32.4 Å². The third kappa shape index (κ3) is 6.93. The van der Waals surface area contributed by atoms with Crippen LogP contribution in [0, 0.1) is 0 Å². The molecule has 6 nitrogen and oxygen atoms in total. The molecule has 0 aromatic heterocycles. The molecule has 1 heterocycles. The zero-order chi connectivity index (χ0) is 22.6. The molecule has 32 heavy (non-hydrogen) atoms. The van der Waals surface area contributed by atoms with Crippen molar-refractivity contribution in [1.82, 2.24) is 14.9 Å². The first-order chi connectivity index (χ1) is 14.5. The molecule has 0 saturated carbocycles. The summed E-state index contributed by atoms with van der Waals surface area (Å²) in [7, 11) is -4.03. The smallest absolute Gasteiger partial charge is 0.337 e. The molecule has 0 spiro atoms. The number of fused-ring (bicyclic) bond motifs is 1. The molecule has 0 saturated heterocycles. The molecule has 1 amide bonds. The largest absolute Gasteiger partial charge is 0.408 e. The van der Waals surface area contributed by atoms with Crippen LogP contribution in [0.15, 0.2) is 48.5 Å². The highest BCUT2D eigenvalue weighted by molar-refractivity contribution is 7.88. The van der Waals surface area contributed by atoms with E-state index < -0.39 is 22.2 Å². The summed E-state index contributed by atoms with van der Waals surface area (Å²) >= 11 is 0. The van der Waals surface area contributed by atoms with Crippen LogP contribution in [0.4, 0.5) is 13.2 Å². The fourth-order valence-electron chi connectivity index (χ4n) is 3.50. The number of benzene rings is 2. The van der Waals surface area contributed by atoms with Gasteiger partial charge in [-0.15, -0.1) is 12.4 Å². The van der Waals surface area contributed by atoms with Crippen molar-refractivity contribution in [2.24, 2.45) is 0 Å². The number of carbonyl (C=O) groups excluding carboxylic acids is 1. The standard InChI is InChI=1S/C21H24F3N3O3S.ClH/c1-31(29,30)26-19(21(22,23)24)17-8-6-15(7-9-17)14-25-11-13-27-12-10-16-4-2-3-5-18(16)20(27)28;/h2-9,19,25-26H,10-14H2,1H3;1H/t19-;/m0./s1. The number of hydrogen-bond donors (Lipinski definition) is 2. The normalized spacial score (nSPS) is 15.1. The second-order valence-corrected chi connectivity index (χ2v) is 9.26. The quantitative estimate of drug-likeness (QED) is 0.556. The van der Waals surface area contributed by atoms with Crippen molar-refractivity contribution in [3.63, 3.8) is 0 Å². The van der Waals surface area contributed by atoms with Gasteiger partial charge in [-0.2, -0.15) is 17.9 Å². The van der Waals surface area contributed by atoms with E-state index in [2.05, 4.69) is 5.32 Å². The number of carbonyl (C=O) groups is 1. The highest BCUT2D eigenvalue weighted by atomic mass is 35.5.